The summed E-state index contributed by atoms with van der Waals surface area (Å²) in [6.07, 6.45) is 1.09. The summed E-state index contributed by atoms with van der Waals surface area (Å²) in [4.78, 5) is 0. The fourth-order valence-electron chi connectivity index (χ4n) is 0.713. The Labute approximate surface area is 52.3 Å². The van der Waals surface area contributed by atoms with Gasteiger partial charge in [0.2, 0.25) is 0 Å². The molecule has 1 atom stereocenters. The van der Waals surface area contributed by atoms with Crippen LogP contribution < -0.4 is 0 Å². The molecule has 0 bridgehead atoms. The lowest BCUT2D eigenvalue weighted by Crippen LogP contribution is -2.05. The van der Waals surface area contributed by atoms with Crippen molar-refractivity contribution in [3.63, 3.8) is 0 Å². The highest BCUT2D eigenvalue weighted by Crippen LogP contribution is 2.20. The van der Waals surface area contributed by atoms with Crippen LogP contribution in [0.4, 0.5) is 0 Å². The van der Waals surface area contributed by atoms with Crippen LogP contribution in [0.1, 0.15) is 13.3 Å². The monoisotopic (exact) mass is 130 g/mol. The molecule has 0 N–H and O–H groups in total. The maximum atomic E-state index is 5.18. The first-order chi connectivity index (χ1) is 3.80. The van der Waals surface area contributed by atoms with Crippen LogP contribution in [-0.4, -0.2) is 13.2 Å². The molecule has 1 aliphatic heterocycles. The summed E-state index contributed by atoms with van der Waals surface area (Å²) >= 11 is 0. The molecular formula is C6H11OP. The lowest BCUT2D eigenvalue weighted by Gasteiger charge is -2.13. The van der Waals surface area contributed by atoms with E-state index in [4.69, 9.17) is 4.74 Å². The van der Waals surface area contributed by atoms with Crippen LogP contribution in [0.15, 0.2) is 10.9 Å². The fraction of sp³-hybridized carbons (Fsp3) is 0.667. The van der Waals surface area contributed by atoms with Gasteiger partial charge in [0.1, 0.15) is 0 Å². The smallest absolute Gasteiger partial charge is 0.0680 e. The summed E-state index contributed by atoms with van der Waals surface area (Å²) in [6.45, 7) is 3.84. The second-order valence-electron chi connectivity index (χ2n) is 2.11. The minimum Gasteiger partial charge on any atom is -0.377 e. The lowest BCUT2D eigenvalue weighted by atomic mass is 10.2. The van der Waals surface area contributed by atoms with Gasteiger partial charge >= 0.3 is 0 Å². The largest absolute Gasteiger partial charge is 0.377 e. The van der Waals surface area contributed by atoms with Gasteiger partial charge in [-0.15, -0.1) is 9.24 Å². The van der Waals surface area contributed by atoms with Gasteiger partial charge < -0.3 is 4.74 Å². The molecule has 1 heterocycles. The summed E-state index contributed by atoms with van der Waals surface area (Å²) in [6, 6.07) is 0. The van der Waals surface area contributed by atoms with Crippen LogP contribution >= 0.6 is 9.24 Å². The molecule has 0 aromatic heterocycles. The normalized spacial score (nSPS) is 21.8. The van der Waals surface area contributed by atoms with Gasteiger partial charge in [-0.25, -0.2) is 0 Å². The molecule has 0 saturated carbocycles. The van der Waals surface area contributed by atoms with Crippen LogP contribution in [-0.2, 0) is 4.74 Å². The zero-order chi connectivity index (χ0) is 5.98. The highest BCUT2D eigenvalue weighted by molar-refractivity contribution is 7.22. The highest BCUT2D eigenvalue weighted by atomic mass is 31.0. The van der Waals surface area contributed by atoms with Crippen LogP contribution in [0.5, 0.6) is 0 Å². The highest BCUT2D eigenvalue weighted by Gasteiger charge is 2.02. The Bertz CT molecular complexity index is 104. The first-order valence-corrected chi connectivity index (χ1v) is 3.40. The van der Waals surface area contributed by atoms with E-state index in [2.05, 4.69) is 16.2 Å². The van der Waals surface area contributed by atoms with Gasteiger partial charge in [-0.05, 0) is 24.2 Å². The fourth-order valence-corrected chi connectivity index (χ4v) is 0.915. The molecule has 1 rings (SSSR count). The standard InChI is InChI=1S/C6H11OP/c1-5-4-7-3-2-6(5)8/h2-4,8H2,1H3. The van der Waals surface area contributed by atoms with E-state index in [1.807, 2.05) is 0 Å². The van der Waals surface area contributed by atoms with Crippen LogP contribution in [0.3, 0.4) is 0 Å². The van der Waals surface area contributed by atoms with Gasteiger partial charge in [-0.3, -0.25) is 0 Å². The molecule has 1 nitrogen and oxygen atoms in total. The maximum absolute atomic E-state index is 5.18. The Balaban J connectivity index is 2.60. The summed E-state index contributed by atoms with van der Waals surface area (Å²) < 4.78 is 5.18. The third kappa shape index (κ3) is 1.30. The van der Waals surface area contributed by atoms with Crippen LogP contribution in [0, 0.1) is 0 Å². The molecule has 0 aromatic rings. The van der Waals surface area contributed by atoms with E-state index in [9.17, 15) is 0 Å². The van der Waals surface area contributed by atoms with E-state index in [1.54, 1.807) is 0 Å². The molecular weight excluding hydrogens is 119 g/mol. The molecule has 0 amide bonds. The molecule has 0 radical (unpaired) electrons. The van der Waals surface area contributed by atoms with Crippen molar-refractivity contribution < 1.29 is 4.74 Å². The Morgan fingerprint density at radius 1 is 1.62 bits per heavy atom. The third-order valence-corrected chi connectivity index (χ3v) is 2.16. The molecule has 0 fully saturated rings. The lowest BCUT2D eigenvalue weighted by molar-refractivity contribution is 0.149. The first-order valence-electron chi connectivity index (χ1n) is 2.82. The topological polar surface area (TPSA) is 9.23 Å². The van der Waals surface area contributed by atoms with E-state index in [0.29, 0.717) is 0 Å². The predicted molar refractivity (Wildman–Crippen MR) is 37.8 cm³/mol. The van der Waals surface area contributed by atoms with Crippen molar-refractivity contribution in [2.24, 2.45) is 0 Å². The quantitative estimate of drug-likeness (QED) is 0.452. The zero-order valence-electron chi connectivity index (χ0n) is 5.11. The summed E-state index contributed by atoms with van der Waals surface area (Å²) in [5, 5.41) is 1.43. The predicted octanol–water partition coefficient (Wildman–Crippen LogP) is 1.56. The van der Waals surface area contributed by atoms with E-state index in [0.717, 1.165) is 19.6 Å². The molecule has 1 aliphatic rings. The summed E-state index contributed by atoms with van der Waals surface area (Å²) in [5.74, 6) is 0. The third-order valence-electron chi connectivity index (χ3n) is 1.38. The number of hydrogen-bond donors (Lipinski definition) is 0. The molecule has 1 unspecified atom stereocenters. The van der Waals surface area contributed by atoms with Gasteiger partial charge in [-0.1, -0.05) is 0 Å². The van der Waals surface area contributed by atoms with Crippen LogP contribution in [0.2, 0.25) is 0 Å². The molecule has 46 valence electrons. The zero-order valence-corrected chi connectivity index (χ0v) is 6.26. The van der Waals surface area contributed by atoms with Crippen molar-refractivity contribution in [2.75, 3.05) is 13.2 Å². The Hall–Kier alpha value is 0.130. The van der Waals surface area contributed by atoms with E-state index in [-0.39, 0.29) is 0 Å². The van der Waals surface area contributed by atoms with Crippen LogP contribution in [0.25, 0.3) is 0 Å². The first kappa shape index (κ1) is 6.25. The molecule has 0 aliphatic carbocycles. The molecule has 0 saturated heterocycles. The Morgan fingerprint density at radius 3 is 2.75 bits per heavy atom. The molecule has 8 heavy (non-hydrogen) atoms. The second-order valence-corrected chi connectivity index (χ2v) is 2.81. The maximum Gasteiger partial charge on any atom is 0.0680 e. The van der Waals surface area contributed by atoms with E-state index >= 15 is 0 Å². The van der Waals surface area contributed by atoms with Gasteiger partial charge in [0.25, 0.3) is 0 Å². The van der Waals surface area contributed by atoms with Crippen molar-refractivity contribution in [3.8, 4) is 0 Å². The van der Waals surface area contributed by atoms with Gasteiger partial charge in [0, 0.05) is 0 Å². The molecule has 0 spiro atoms. The van der Waals surface area contributed by atoms with E-state index < -0.39 is 0 Å². The number of hydrogen-bond acceptors (Lipinski definition) is 1. The van der Waals surface area contributed by atoms with E-state index in [1.165, 1.54) is 10.9 Å². The minimum absolute atomic E-state index is 0.832. The summed E-state index contributed by atoms with van der Waals surface area (Å²) in [5.41, 5.74) is 1.38. The van der Waals surface area contributed by atoms with Crippen molar-refractivity contribution in [2.45, 2.75) is 13.3 Å². The Kier molecular flexibility index (Phi) is 2.04. The number of ether oxygens (including phenoxy) is 1. The number of rotatable bonds is 0. The van der Waals surface area contributed by atoms with Gasteiger partial charge in [-0.2, -0.15) is 0 Å². The Morgan fingerprint density at radius 2 is 2.38 bits per heavy atom. The second kappa shape index (κ2) is 2.61. The van der Waals surface area contributed by atoms with Crippen molar-refractivity contribution in [1.82, 2.24) is 0 Å². The van der Waals surface area contributed by atoms with Crippen molar-refractivity contribution in [3.05, 3.63) is 10.9 Å². The average Bonchev–Trinajstić information content (AvgIpc) is 1.77. The minimum atomic E-state index is 0.832. The van der Waals surface area contributed by atoms with Gasteiger partial charge in [0.15, 0.2) is 0 Å². The van der Waals surface area contributed by atoms with Crippen molar-refractivity contribution in [1.29, 1.82) is 0 Å². The molecule has 2 heteroatoms. The summed E-state index contributed by atoms with van der Waals surface area (Å²) in [7, 11) is 2.74. The van der Waals surface area contributed by atoms with Crippen molar-refractivity contribution >= 4 is 9.24 Å². The molecule has 0 aromatic carbocycles. The average molecular weight is 130 g/mol. The van der Waals surface area contributed by atoms with Gasteiger partial charge in [0.05, 0.1) is 13.2 Å². The SMILES string of the molecule is CC1=C(P)CCOC1.